The Balaban J connectivity index is 2.70. The van der Waals surface area contributed by atoms with Crippen LogP contribution in [0.25, 0.3) is 11.1 Å². The van der Waals surface area contributed by atoms with Crippen LogP contribution in [0.5, 0.6) is 0 Å². The minimum atomic E-state index is -3.68. The standard InChI is InChI=1S/C12H10NO2S.3CH3.Sn/c13-16(14,15)12-8-4-7-11(9-12)10-5-2-1-3-6-10;;;;/h1-3,5-9H,(H2,13,14,15);3*1H3;. The predicted molar refractivity (Wildman–Crippen MR) is 86.2 cm³/mol. The molecule has 0 amide bonds. The summed E-state index contributed by atoms with van der Waals surface area (Å²) in [7, 11) is -3.68. The summed E-state index contributed by atoms with van der Waals surface area (Å²) < 4.78 is 24.6. The van der Waals surface area contributed by atoms with Crippen LogP contribution in [0.1, 0.15) is 0 Å². The van der Waals surface area contributed by atoms with Gasteiger partial charge in [0.15, 0.2) is 0 Å². The van der Waals surface area contributed by atoms with Gasteiger partial charge in [-0.3, -0.25) is 0 Å². The van der Waals surface area contributed by atoms with Crippen LogP contribution in [0, 0.1) is 0 Å². The Bertz CT molecular complexity index is 719. The molecule has 0 saturated heterocycles. The Morgan fingerprint density at radius 3 is 2.00 bits per heavy atom. The number of hydrogen-bond donors (Lipinski definition) is 1. The minimum absolute atomic E-state index is 0.209. The van der Waals surface area contributed by atoms with Gasteiger partial charge in [-0.2, -0.15) is 0 Å². The first-order chi connectivity index (χ1) is 9.18. The van der Waals surface area contributed by atoms with E-state index in [9.17, 15) is 8.42 Å². The van der Waals surface area contributed by atoms with Crippen molar-refractivity contribution in [2.75, 3.05) is 0 Å². The zero-order valence-corrected chi connectivity index (χ0v) is 15.6. The van der Waals surface area contributed by atoms with Gasteiger partial charge < -0.3 is 0 Å². The number of nitrogens with two attached hydrogens (primary N) is 1. The summed E-state index contributed by atoms with van der Waals surface area (Å²) in [6.07, 6.45) is 0. The van der Waals surface area contributed by atoms with Crippen LogP contribution >= 0.6 is 0 Å². The number of primary sulfonamides is 1. The Kier molecular flexibility index (Phi) is 4.27. The third kappa shape index (κ3) is 3.62. The molecule has 0 fully saturated rings. The second-order valence-corrected chi connectivity index (χ2v) is 22.0. The summed E-state index contributed by atoms with van der Waals surface area (Å²) >= 11 is -2.39. The van der Waals surface area contributed by atoms with E-state index in [0.717, 1.165) is 14.7 Å². The monoisotopic (exact) mass is 397 g/mol. The van der Waals surface area contributed by atoms with Gasteiger partial charge in [-0.15, -0.1) is 0 Å². The van der Waals surface area contributed by atoms with E-state index in [1.807, 2.05) is 30.3 Å². The van der Waals surface area contributed by atoms with Gasteiger partial charge >= 0.3 is 125 Å². The number of benzene rings is 2. The van der Waals surface area contributed by atoms with Crippen LogP contribution in [0.15, 0.2) is 53.4 Å². The first-order valence-corrected chi connectivity index (χ1v) is 18.0. The van der Waals surface area contributed by atoms with E-state index in [4.69, 9.17) is 5.14 Å². The maximum atomic E-state index is 11.7. The third-order valence-corrected chi connectivity index (χ3v) is 9.87. The molecule has 0 aliphatic rings. The summed E-state index contributed by atoms with van der Waals surface area (Å²) in [5, 5.41) is 5.31. The van der Waals surface area contributed by atoms with Gasteiger partial charge in [0, 0.05) is 0 Å². The van der Waals surface area contributed by atoms with E-state index >= 15 is 0 Å². The van der Waals surface area contributed by atoms with Crippen molar-refractivity contribution in [1.29, 1.82) is 0 Å². The van der Waals surface area contributed by atoms with E-state index in [2.05, 4.69) is 20.9 Å². The van der Waals surface area contributed by atoms with Crippen molar-refractivity contribution in [3.63, 3.8) is 0 Å². The van der Waals surface area contributed by atoms with Crippen LogP contribution in [0.3, 0.4) is 0 Å². The second-order valence-electron chi connectivity index (χ2n) is 5.91. The third-order valence-electron chi connectivity index (χ3n) is 3.21. The summed E-state index contributed by atoms with van der Waals surface area (Å²) in [6.45, 7) is 0. The van der Waals surface area contributed by atoms with E-state index < -0.39 is 28.4 Å². The van der Waals surface area contributed by atoms with Crippen molar-refractivity contribution in [3.8, 4) is 11.1 Å². The van der Waals surface area contributed by atoms with Crippen LogP contribution < -0.4 is 8.72 Å². The Morgan fingerprint density at radius 1 is 0.900 bits per heavy atom. The molecule has 2 aromatic rings. The van der Waals surface area contributed by atoms with Crippen molar-refractivity contribution < 1.29 is 8.42 Å². The van der Waals surface area contributed by atoms with E-state index in [1.54, 1.807) is 12.1 Å². The molecular formula is C15H19NO2SSn. The van der Waals surface area contributed by atoms with Gasteiger partial charge in [0.2, 0.25) is 0 Å². The normalized spacial score (nSPS) is 12.4. The fourth-order valence-corrected chi connectivity index (χ4v) is 6.23. The van der Waals surface area contributed by atoms with Gasteiger partial charge in [0.05, 0.1) is 0 Å². The zero-order valence-electron chi connectivity index (χ0n) is 11.9. The van der Waals surface area contributed by atoms with E-state index in [-0.39, 0.29) is 4.90 Å². The van der Waals surface area contributed by atoms with Gasteiger partial charge in [-0.1, -0.05) is 0 Å². The maximum absolute atomic E-state index is 11.7. The first-order valence-electron chi connectivity index (χ1n) is 6.42. The fraction of sp³-hybridized carbons (Fsp3) is 0.200. The molecule has 0 atom stereocenters. The van der Waals surface area contributed by atoms with Crippen LogP contribution in [-0.2, 0) is 10.0 Å². The average molecular weight is 396 g/mol. The molecule has 0 aliphatic heterocycles. The fourth-order valence-electron chi connectivity index (χ4n) is 1.99. The summed E-state index contributed by atoms with van der Waals surface area (Å²) in [6, 6.07) is 15.3. The molecule has 0 spiro atoms. The van der Waals surface area contributed by atoms with Crippen molar-refractivity contribution in [2.45, 2.75) is 19.7 Å². The number of sulfonamides is 1. The Hall–Kier alpha value is -0.851. The molecule has 106 valence electrons. The van der Waals surface area contributed by atoms with E-state index in [0.29, 0.717) is 0 Å². The SMILES string of the molecule is [CH3][Sn]([CH3])([CH3])[c]1cc(-c2ccccc2)cc(S(N)(=O)=O)c1. The van der Waals surface area contributed by atoms with Crippen molar-refractivity contribution in [1.82, 2.24) is 0 Å². The summed E-state index contributed by atoms with van der Waals surface area (Å²) in [4.78, 5) is 6.98. The Morgan fingerprint density at radius 2 is 1.50 bits per heavy atom. The predicted octanol–water partition coefficient (Wildman–Crippen LogP) is 2.55. The van der Waals surface area contributed by atoms with Crippen molar-refractivity contribution in [3.05, 3.63) is 48.5 Å². The Labute approximate surface area is 124 Å². The molecule has 0 aromatic heterocycles. The molecule has 0 radical (unpaired) electrons. The molecule has 5 heteroatoms. The van der Waals surface area contributed by atoms with Crippen LogP contribution in [0.2, 0.25) is 14.8 Å². The van der Waals surface area contributed by atoms with Crippen LogP contribution in [0.4, 0.5) is 0 Å². The quantitative estimate of drug-likeness (QED) is 0.811. The van der Waals surface area contributed by atoms with Crippen molar-refractivity contribution >= 4 is 32.0 Å². The molecular weight excluding hydrogens is 377 g/mol. The molecule has 0 heterocycles. The molecule has 0 saturated carbocycles. The number of hydrogen-bond acceptors (Lipinski definition) is 2. The second kappa shape index (κ2) is 5.50. The van der Waals surface area contributed by atoms with Gasteiger partial charge in [-0.25, -0.2) is 0 Å². The molecule has 0 aliphatic carbocycles. The summed E-state index contributed by atoms with van der Waals surface area (Å²) in [5.74, 6) is 0. The molecule has 2 aromatic carbocycles. The van der Waals surface area contributed by atoms with E-state index in [1.165, 1.54) is 0 Å². The van der Waals surface area contributed by atoms with Gasteiger partial charge in [0.25, 0.3) is 0 Å². The average Bonchev–Trinajstić information content (AvgIpc) is 2.37. The van der Waals surface area contributed by atoms with Crippen LogP contribution in [-0.4, -0.2) is 26.8 Å². The molecule has 20 heavy (non-hydrogen) atoms. The molecule has 0 bridgehead atoms. The van der Waals surface area contributed by atoms with Gasteiger partial charge in [-0.05, 0) is 0 Å². The topological polar surface area (TPSA) is 60.2 Å². The zero-order chi connectivity index (χ0) is 15.0. The van der Waals surface area contributed by atoms with Crippen molar-refractivity contribution in [2.24, 2.45) is 5.14 Å². The molecule has 2 N–H and O–H groups in total. The number of rotatable bonds is 3. The van der Waals surface area contributed by atoms with Gasteiger partial charge in [0.1, 0.15) is 0 Å². The molecule has 3 nitrogen and oxygen atoms in total. The first kappa shape index (κ1) is 15.5. The summed E-state index contributed by atoms with van der Waals surface area (Å²) in [5.41, 5.74) is 1.92. The molecule has 2 rings (SSSR count). The molecule has 0 unspecified atom stereocenters.